The van der Waals surface area contributed by atoms with E-state index < -0.39 is 0 Å². The summed E-state index contributed by atoms with van der Waals surface area (Å²) in [6.07, 6.45) is 5.09. The van der Waals surface area contributed by atoms with E-state index in [1.54, 1.807) is 0 Å². The first-order chi connectivity index (χ1) is 9.20. The lowest BCUT2D eigenvalue weighted by Gasteiger charge is -2.34. The van der Waals surface area contributed by atoms with Gasteiger partial charge in [-0.1, -0.05) is 0 Å². The molecule has 1 aromatic heterocycles. The molecular formula is C15H24N2O2. The summed E-state index contributed by atoms with van der Waals surface area (Å²) in [6.45, 7) is 8.08. The highest BCUT2D eigenvalue weighted by Crippen LogP contribution is 2.21. The van der Waals surface area contributed by atoms with Crippen molar-refractivity contribution in [3.8, 4) is 0 Å². The molecule has 1 saturated heterocycles. The van der Waals surface area contributed by atoms with E-state index in [1.165, 1.54) is 18.4 Å². The van der Waals surface area contributed by atoms with Gasteiger partial charge in [-0.25, -0.2) is 0 Å². The zero-order valence-electron chi connectivity index (χ0n) is 11.9. The van der Waals surface area contributed by atoms with Crippen LogP contribution in [0.3, 0.4) is 0 Å². The molecular weight excluding hydrogens is 240 g/mol. The molecule has 106 valence electrons. The fourth-order valence-electron chi connectivity index (χ4n) is 2.82. The standard InChI is InChI=1S/C15H24N2O2/c1-11-8-17(9-12(2)19-11)10-15-13(5-6-18-15)7-16-14-3-4-14/h5-6,11-12,14,16H,3-4,7-10H2,1-2H3/t11-,12+. The number of nitrogens with one attached hydrogen (secondary N) is 1. The van der Waals surface area contributed by atoms with Gasteiger partial charge in [-0.15, -0.1) is 0 Å². The Morgan fingerprint density at radius 1 is 1.26 bits per heavy atom. The van der Waals surface area contributed by atoms with Gasteiger partial charge in [-0.2, -0.15) is 0 Å². The van der Waals surface area contributed by atoms with Crippen molar-refractivity contribution in [2.45, 2.75) is 58.0 Å². The summed E-state index contributed by atoms with van der Waals surface area (Å²) in [7, 11) is 0. The lowest BCUT2D eigenvalue weighted by atomic mass is 10.2. The van der Waals surface area contributed by atoms with Crippen molar-refractivity contribution < 1.29 is 9.15 Å². The fraction of sp³-hybridized carbons (Fsp3) is 0.733. The highest BCUT2D eigenvalue weighted by Gasteiger charge is 2.24. The average Bonchev–Trinajstić information content (AvgIpc) is 3.07. The van der Waals surface area contributed by atoms with E-state index in [-0.39, 0.29) is 0 Å². The van der Waals surface area contributed by atoms with E-state index >= 15 is 0 Å². The molecule has 1 N–H and O–H groups in total. The molecule has 1 aliphatic heterocycles. The second-order valence-electron chi connectivity index (χ2n) is 5.98. The van der Waals surface area contributed by atoms with Gasteiger partial charge in [0.25, 0.3) is 0 Å². The van der Waals surface area contributed by atoms with E-state index in [0.717, 1.165) is 38.0 Å². The zero-order chi connectivity index (χ0) is 13.2. The molecule has 0 unspecified atom stereocenters. The number of morpholine rings is 1. The molecule has 2 atom stereocenters. The lowest BCUT2D eigenvalue weighted by molar-refractivity contribution is -0.0719. The molecule has 3 rings (SSSR count). The molecule has 4 heteroatoms. The Bertz CT molecular complexity index is 404. The van der Waals surface area contributed by atoms with Crippen LogP contribution in [0.5, 0.6) is 0 Å². The first-order valence-corrected chi connectivity index (χ1v) is 7.37. The second-order valence-corrected chi connectivity index (χ2v) is 5.98. The Labute approximate surface area is 115 Å². The molecule has 1 aliphatic carbocycles. The van der Waals surface area contributed by atoms with E-state index in [1.807, 2.05) is 6.26 Å². The second kappa shape index (κ2) is 5.65. The topological polar surface area (TPSA) is 37.6 Å². The van der Waals surface area contributed by atoms with Crippen molar-refractivity contribution in [1.29, 1.82) is 0 Å². The van der Waals surface area contributed by atoms with Gasteiger partial charge in [0, 0.05) is 31.2 Å². The Kier molecular flexibility index (Phi) is 3.91. The first-order valence-electron chi connectivity index (χ1n) is 7.37. The molecule has 2 heterocycles. The summed E-state index contributed by atoms with van der Waals surface area (Å²) in [4.78, 5) is 2.43. The number of furan rings is 1. The third kappa shape index (κ3) is 3.59. The summed E-state index contributed by atoms with van der Waals surface area (Å²) < 4.78 is 11.4. The van der Waals surface area contributed by atoms with Gasteiger partial charge in [0.2, 0.25) is 0 Å². The number of ether oxygens (including phenoxy) is 1. The molecule has 1 saturated carbocycles. The summed E-state index contributed by atoms with van der Waals surface area (Å²) in [5, 5.41) is 3.55. The Balaban J connectivity index is 1.57. The van der Waals surface area contributed by atoms with Crippen LogP contribution in [0.4, 0.5) is 0 Å². The minimum absolute atomic E-state index is 0.312. The van der Waals surface area contributed by atoms with Crippen molar-refractivity contribution in [2.24, 2.45) is 0 Å². The Morgan fingerprint density at radius 2 is 2.00 bits per heavy atom. The van der Waals surface area contributed by atoms with Crippen molar-refractivity contribution >= 4 is 0 Å². The van der Waals surface area contributed by atoms with Gasteiger partial charge in [0.15, 0.2) is 0 Å². The highest BCUT2D eigenvalue weighted by atomic mass is 16.5. The fourth-order valence-corrected chi connectivity index (χ4v) is 2.82. The first kappa shape index (κ1) is 13.2. The molecule has 0 bridgehead atoms. The lowest BCUT2D eigenvalue weighted by Crippen LogP contribution is -2.44. The smallest absolute Gasteiger partial charge is 0.122 e. The zero-order valence-corrected chi connectivity index (χ0v) is 11.9. The molecule has 19 heavy (non-hydrogen) atoms. The molecule has 0 radical (unpaired) electrons. The molecule has 2 fully saturated rings. The summed E-state index contributed by atoms with van der Waals surface area (Å²) in [5.74, 6) is 1.11. The normalized spacial score (nSPS) is 28.7. The van der Waals surface area contributed by atoms with E-state index in [4.69, 9.17) is 9.15 Å². The van der Waals surface area contributed by atoms with Crippen LogP contribution in [-0.2, 0) is 17.8 Å². The number of rotatable bonds is 5. The minimum atomic E-state index is 0.312. The van der Waals surface area contributed by atoms with Gasteiger partial charge in [-0.05, 0) is 32.8 Å². The maximum Gasteiger partial charge on any atom is 0.122 e. The summed E-state index contributed by atoms with van der Waals surface area (Å²) in [5.41, 5.74) is 1.30. The predicted molar refractivity (Wildman–Crippen MR) is 73.9 cm³/mol. The molecule has 0 amide bonds. The van der Waals surface area contributed by atoms with E-state index in [9.17, 15) is 0 Å². The van der Waals surface area contributed by atoms with Crippen molar-refractivity contribution in [1.82, 2.24) is 10.2 Å². The quantitative estimate of drug-likeness (QED) is 0.884. The van der Waals surface area contributed by atoms with E-state index in [0.29, 0.717) is 12.2 Å². The average molecular weight is 264 g/mol. The van der Waals surface area contributed by atoms with Crippen LogP contribution in [0.2, 0.25) is 0 Å². The van der Waals surface area contributed by atoms with Crippen LogP contribution < -0.4 is 5.32 Å². The minimum Gasteiger partial charge on any atom is -0.468 e. The van der Waals surface area contributed by atoms with Crippen LogP contribution in [0, 0.1) is 0 Å². The number of nitrogens with zero attached hydrogens (tertiary/aromatic N) is 1. The maximum absolute atomic E-state index is 5.77. The van der Waals surface area contributed by atoms with Crippen molar-refractivity contribution in [3.05, 3.63) is 23.7 Å². The molecule has 1 aromatic rings. The maximum atomic E-state index is 5.77. The summed E-state index contributed by atoms with van der Waals surface area (Å²) in [6, 6.07) is 2.84. The van der Waals surface area contributed by atoms with Gasteiger partial charge >= 0.3 is 0 Å². The highest BCUT2D eigenvalue weighted by molar-refractivity contribution is 5.17. The van der Waals surface area contributed by atoms with Crippen LogP contribution in [0.15, 0.2) is 16.7 Å². The predicted octanol–water partition coefficient (Wildman–Crippen LogP) is 2.14. The van der Waals surface area contributed by atoms with Crippen molar-refractivity contribution in [3.63, 3.8) is 0 Å². The largest absolute Gasteiger partial charge is 0.468 e. The summed E-state index contributed by atoms with van der Waals surface area (Å²) >= 11 is 0. The van der Waals surface area contributed by atoms with Gasteiger partial charge < -0.3 is 14.5 Å². The van der Waals surface area contributed by atoms with Crippen LogP contribution >= 0.6 is 0 Å². The molecule has 0 spiro atoms. The molecule has 0 aromatic carbocycles. The van der Waals surface area contributed by atoms with Gasteiger partial charge in [0.1, 0.15) is 5.76 Å². The van der Waals surface area contributed by atoms with Crippen LogP contribution in [-0.4, -0.2) is 36.2 Å². The van der Waals surface area contributed by atoms with Gasteiger partial charge in [0.05, 0.1) is 25.0 Å². The number of hydrogen-bond acceptors (Lipinski definition) is 4. The van der Waals surface area contributed by atoms with E-state index in [2.05, 4.69) is 30.1 Å². The van der Waals surface area contributed by atoms with Crippen LogP contribution in [0.1, 0.15) is 38.0 Å². The SMILES string of the molecule is C[C@@H]1CN(Cc2occc2CNC2CC2)C[C@H](C)O1. The Hall–Kier alpha value is -0.840. The van der Waals surface area contributed by atoms with Crippen LogP contribution in [0.25, 0.3) is 0 Å². The van der Waals surface area contributed by atoms with Gasteiger partial charge in [-0.3, -0.25) is 4.90 Å². The third-order valence-electron chi connectivity index (χ3n) is 3.86. The monoisotopic (exact) mass is 264 g/mol. The molecule has 4 nitrogen and oxygen atoms in total. The Morgan fingerprint density at radius 3 is 2.68 bits per heavy atom. The molecule has 2 aliphatic rings. The third-order valence-corrected chi connectivity index (χ3v) is 3.86. The number of hydrogen-bond donors (Lipinski definition) is 1. The van der Waals surface area contributed by atoms with Crippen molar-refractivity contribution in [2.75, 3.05) is 13.1 Å².